The molecule has 2 aromatic carbocycles. The molecule has 4 aromatic rings. The molecule has 36 heavy (non-hydrogen) atoms. The molecule has 1 saturated heterocycles. The quantitative estimate of drug-likeness (QED) is 0.211. The van der Waals surface area contributed by atoms with Gasteiger partial charge in [-0.2, -0.15) is 0 Å². The smallest absolute Gasteiger partial charge is 0.270 e. The average Bonchev–Trinajstić information content (AvgIpc) is 3.50. The van der Waals surface area contributed by atoms with E-state index < -0.39 is 11.0 Å². The van der Waals surface area contributed by atoms with E-state index in [1.54, 1.807) is 35.4 Å². The summed E-state index contributed by atoms with van der Waals surface area (Å²) < 4.78 is 6.20. The lowest BCUT2D eigenvalue weighted by Crippen LogP contribution is -2.36. The Balaban J connectivity index is 1.47. The summed E-state index contributed by atoms with van der Waals surface area (Å²) >= 11 is 5.61. The number of nitrogens with one attached hydrogen (secondary N) is 2. The molecule has 1 aliphatic rings. The number of anilines is 1. The number of furan rings is 1. The maximum Gasteiger partial charge on any atom is 0.270 e. The number of rotatable bonds is 7. The highest BCUT2D eigenvalue weighted by atomic mass is 32.1. The Morgan fingerprint density at radius 2 is 1.89 bits per heavy atom. The number of aromatic nitrogens is 1. The zero-order valence-corrected chi connectivity index (χ0v) is 19.7. The van der Waals surface area contributed by atoms with Gasteiger partial charge in [-0.15, -0.1) is 0 Å². The Morgan fingerprint density at radius 3 is 2.64 bits per heavy atom. The Bertz CT molecular complexity index is 1410. The van der Waals surface area contributed by atoms with E-state index in [0.29, 0.717) is 27.9 Å². The molecule has 9 nitrogen and oxygen atoms in total. The highest BCUT2D eigenvalue weighted by Crippen LogP contribution is 2.40. The van der Waals surface area contributed by atoms with Gasteiger partial charge in [-0.3, -0.25) is 19.9 Å². The van der Waals surface area contributed by atoms with Crippen LogP contribution < -0.4 is 10.6 Å². The monoisotopic (exact) mass is 499 g/mol. The minimum absolute atomic E-state index is 0.0123. The van der Waals surface area contributed by atoms with Gasteiger partial charge in [-0.05, 0) is 48.6 Å². The van der Waals surface area contributed by atoms with Crippen LogP contribution in [0.25, 0.3) is 11.3 Å². The molecule has 0 radical (unpaired) electrons. The molecule has 1 amide bonds. The van der Waals surface area contributed by atoms with Gasteiger partial charge < -0.3 is 20.0 Å². The van der Waals surface area contributed by atoms with Crippen molar-refractivity contribution in [2.75, 3.05) is 11.9 Å². The topological polar surface area (TPSA) is 114 Å². The van der Waals surface area contributed by atoms with Crippen molar-refractivity contribution in [3.63, 3.8) is 0 Å². The van der Waals surface area contributed by atoms with E-state index in [4.69, 9.17) is 16.6 Å². The van der Waals surface area contributed by atoms with Crippen LogP contribution >= 0.6 is 12.2 Å². The van der Waals surface area contributed by atoms with E-state index in [2.05, 4.69) is 15.6 Å². The molecule has 2 aromatic heterocycles. The fraction of sp³-hybridized carbons (Fsp3) is 0.115. The number of nitro groups is 1. The van der Waals surface area contributed by atoms with Crippen LogP contribution in [-0.4, -0.2) is 32.4 Å². The number of non-ortho nitro benzene ring substituents is 1. The third kappa shape index (κ3) is 4.80. The number of nitro benzene ring substituents is 1. The standard InChI is InChI=1S/C26H21N5O4S/c32-23(28-18-8-2-1-3-9-18)16-30-25(24(29-26(30)36)20-11-4-5-14-27-20)22-13-12-21(35-22)17-7-6-10-19(15-17)31(33)34/h1-15,24-25H,16H2,(H,28,32)(H,29,36). The molecule has 2 unspecified atom stereocenters. The number of para-hydroxylation sites is 1. The van der Waals surface area contributed by atoms with Crippen molar-refractivity contribution < 1.29 is 14.1 Å². The molecule has 1 fully saturated rings. The number of hydrogen-bond donors (Lipinski definition) is 2. The number of benzene rings is 2. The van der Waals surface area contributed by atoms with E-state index >= 15 is 0 Å². The fourth-order valence-corrected chi connectivity index (χ4v) is 4.51. The number of amides is 1. The van der Waals surface area contributed by atoms with Crippen molar-refractivity contribution in [1.82, 2.24) is 15.2 Å². The Morgan fingerprint density at radius 1 is 1.08 bits per heavy atom. The molecule has 2 N–H and O–H groups in total. The van der Waals surface area contributed by atoms with Crippen LogP contribution in [-0.2, 0) is 4.79 Å². The SMILES string of the molecule is O=C(CN1C(=S)NC(c2ccccn2)C1c1ccc(-c2cccc([N+](=O)[O-])c2)o1)Nc1ccccc1. The Hall–Kier alpha value is -4.57. The van der Waals surface area contributed by atoms with Gasteiger partial charge in [0.15, 0.2) is 5.11 Å². The number of thiocarbonyl (C=S) groups is 1. The van der Waals surface area contributed by atoms with Gasteiger partial charge >= 0.3 is 0 Å². The first-order chi connectivity index (χ1) is 17.5. The normalized spacial score (nSPS) is 17.0. The number of hydrogen-bond acceptors (Lipinski definition) is 6. The molecule has 0 bridgehead atoms. The molecule has 3 heterocycles. The molecule has 0 aliphatic carbocycles. The van der Waals surface area contributed by atoms with Gasteiger partial charge in [0, 0.05) is 29.6 Å². The molecule has 2 atom stereocenters. The second-order valence-corrected chi connectivity index (χ2v) is 8.56. The van der Waals surface area contributed by atoms with Gasteiger partial charge in [0.05, 0.1) is 16.7 Å². The van der Waals surface area contributed by atoms with Crippen LogP contribution in [0.2, 0.25) is 0 Å². The highest BCUT2D eigenvalue weighted by molar-refractivity contribution is 7.80. The lowest BCUT2D eigenvalue weighted by molar-refractivity contribution is -0.384. The average molecular weight is 500 g/mol. The van der Waals surface area contributed by atoms with Crippen molar-refractivity contribution in [2.45, 2.75) is 12.1 Å². The predicted octanol–water partition coefficient (Wildman–Crippen LogP) is 4.86. The van der Waals surface area contributed by atoms with Gasteiger partial charge in [-0.25, -0.2) is 0 Å². The van der Waals surface area contributed by atoms with Gasteiger partial charge in [-0.1, -0.05) is 36.4 Å². The lowest BCUT2D eigenvalue weighted by atomic mass is 10.0. The van der Waals surface area contributed by atoms with Crippen LogP contribution in [0.4, 0.5) is 11.4 Å². The van der Waals surface area contributed by atoms with Crippen LogP contribution in [0.1, 0.15) is 23.5 Å². The van der Waals surface area contributed by atoms with Crippen molar-refractivity contribution in [1.29, 1.82) is 0 Å². The second kappa shape index (κ2) is 9.96. The van der Waals surface area contributed by atoms with E-state index in [9.17, 15) is 14.9 Å². The van der Waals surface area contributed by atoms with Crippen molar-refractivity contribution in [3.05, 3.63) is 113 Å². The van der Waals surface area contributed by atoms with E-state index in [-0.39, 0.29) is 24.2 Å². The minimum Gasteiger partial charge on any atom is -0.459 e. The molecule has 0 spiro atoms. The summed E-state index contributed by atoms with van der Waals surface area (Å²) in [6.45, 7) is -0.0123. The van der Waals surface area contributed by atoms with Crippen LogP contribution in [0.5, 0.6) is 0 Å². The molecular weight excluding hydrogens is 478 g/mol. The van der Waals surface area contributed by atoms with Gasteiger partial charge in [0.25, 0.3) is 5.69 Å². The highest BCUT2D eigenvalue weighted by Gasteiger charge is 2.42. The summed E-state index contributed by atoms with van der Waals surface area (Å²) in [6, 6.07) is 23.7. The maximum atomic E-state index is 12.9. The third-order valence-corrected chi connectivity index (χ3v) is 6.18. The number of pyridine rings is 1. The summed E-state index contributed by atoms with van der Waals surface area (Å²) in [5, 5.41) is 17.8. The summed E-state index contributed by atoms with van der Waals surface area (Å²) in [7, 11) is 0. The Kier molecular flexibility index (Phi) is 6.42. The Labute approximate surface area is 211 Å². The zero-order valence-electron chi connectivity index (χ0n) is 18.9. The van der Waals surface area contributed by atoms with E-state index in [0.717, 1.165) is 5.69 Å². The van der Waals surface area contributed by atoms with Crippen LogP contribution in [0.15, 0.2) is 95.5 Å². The maximum absolute atomic E-state index is 12.9. The molecule has 180 valence electrons. The zero-order chi connectivity index (χ0) is 25.1. The molecule has 1 aliphatic heterocycles. The first-order valence-electron chi connectivity index (χ1n) is 11.2. The number of nitrogens with zero attached hydrogens (tertiary/aromatic N) is 3. The van der Waals surface area contributed by atoms with E-state index in [1.807, 2.05) is 48.5 Å². The van der Waals surface area contributed by atoms with Crippen LogP contribution in [0.3, 0.4) is 0 Å². The van der Waals surface area contributed by atoms with Crippen molar-refractivity contribution in [3.8, 4) is 11.3 Å². The first-order valence-corrected chi connectivity index (χ1v) is 11.6. The van der Waals surface area contributed by atoms with Crippen molar-refractivity contribution in [2.24, 2.45) is 0 Å². The number of carbonyl (C=O) groups is 1. The second-order valence-electron chi connectivity index (χ2n) is 8.18. The molecular formula is C26H21N5O4S. The van der Waals surface area contributed by atoms with Gasteiger partial charge in [0.2, 0.25) is 5.91 Å². The predicted molar refractivity (Wildman–Crippen MR) is 138 cm³/mol. The first kappa shape index (κ1) is 23.2. The lowest BCUT2D eigenvalue weighted by Gasteiger charge is -2.25. The van der Waals surface area contributed by atoms with Gasteiger partial charge in [0.1, 0.15) is 24.1 Å². The van der Waals surface area contributed by atoms with Crippen molar-refractivity contribution >= 4 is 34.6 Å². The molecule has 0 saturated carbocycles. The molecule has 10 heteroatoms. The summed E-state index contributed by atoms with van der Waals surface area (Å²) in [6.07, 6.45) is 1.69. The fourth-order valence-electron chi connectivity index (χ4n) is 4.20. The summed E-state index contributed by atoms with van der Waals surface area (Å²) in [5.74, 6) is 0.787. The molecule has 5 rings (SSSR count). The minimum atomic E-state index is -0.471. The summed E-state index contributed by atoms with van der Waals surface area (Å²) in [5.41, 5.74) is 1.97. The number of carbonyl (C=O) groups excluding carboxylic acids is 1. The third-order valence-electron chi connectivity index (χ3n) is 5.83. The van der Waals surface area contributed by atoms with E-state index in [1.165, 1.54) is 12.1 Å². The largest absolute Gasteiger partial charge is 0.459 e. The summed E-state index contributed by atoms with van der Waals surface area (Å²) in [4.78, 5) is 29.9. The van der Waals surface area contributed by atoms with Crippen LogP contribution in [0, 0.1) is 10.1 Å².